The van der Waals surface area contributed by atoms with Crippen LogP contribution in [-0.2, 0) is 4.74 Å². The largest absolute Gasteiger partial charge is 0.462 e. The predicted molar refractivity (Wildman–Crippen MR) is 60.8 cm³/mol. The van der Waals surface area contributed by atoms with E-state index in [4.69, 9.17) is 4.74 Å². The van der Waals surface area contributed by atoms with Gasteiger partial charge < -0.3 is 10.1 Å². The van der Waals surface area contributed by atoms with Crippen molar-refractivity contribution in [3.05, 3.63) is 23.8 Å². The molecule has 1 N–H and O–H groups in total. The molecule has 1 fully saturated rings. The van der Waals surface area contributed by atoms with E-state index in [9.17, 15) is 4.79 Å². The maximum Gasteiger partial charge on any atom is 0.341 e. The summed E-state index contributed by atoms with van der Waals surface area (Å²) in [5.74, 6) is 0.818. The van der Waals surface area contributed by atoms with Crippen LogP contribution in [0.5, 0.6) is 0 Å². The molecular weight excluding hydrogens is 230 g/mol. The molecule has 0 saturated carbocycles. The maximum atomic E-state index is 11.3. The van der Waals surface area contributed by atoms with Gasteiger partial charge in [0.1, 0.15) is 5.82 Å². The van der Waals surface area contributed by atoms with Gasteiger partial charge in [-0.2, -0.15) is 0 Å². The number of esters is 1. The van der Waals surface area contributed by atoms with E-state index in [0.717, 1.165) is 18.9 Å². The minimum Gasteiger partial charge on any atom is -0.462 e. The van der Waals surface area contributed by atoms with Crippen molar-refractivity contribution in [3.63, 3.8) is 0 Å². The van der Waals surface area contributed by atoms with Crippen LogP contribution in [0.15, 0.2) is 12.4 Å². The minimum atomic E-state index is -0.365. The first-order valence-corrected chi connectivity index (χ1v) is 5.01. The topological polar surface area (TPSA) is 64.1 Å². The van der Waals surface area contributed by atoms with Crippen molar-refractivity contribution < 1.29 is 9.53 Å². The zero-order valence-corrected chi connectivity index (χ0v) is 9.79. The summed E-state index contributed by atoms with van der Waals surface area (Å²) in [7, 11) is 0. The summed E-state index contributed by atoms with van der Waals surface area (Å²) in [6.45, 7) is 3.97. The number of hydrogen-bond acceptors (Lipinski definition) is 5. The Morgan fingerprint density at radius 1 is 1.50 bits per heavy atom. The molecule has 1 saturated heterocycles. The molecule has 16 heavy (non-hydrogen) atoms. The molecule has 0 amide bonds. The summed E-state index contributed by atoms with van der Waals surface area (Å²) in [4.78, 5) is 19.6. The summed E-state index contributed by atoms with van der Waals surface area (Å²) >= 11 is 0. The van der Waals surface area contributed by atoms with Gasteiger partial charge >= 0.3 is 5.97 Å². The highest BCUT2D eigenvalue weighted by Crippen LogP contribution is 2.14. The molecule has 0 atom stereocenters. The fourth-order valence-electron chi connectivity index (χ4n) is 1.34. The highest BCUT2D eigenvalue weighted by Gasteiger charge is 2.21. The second kappa shape index (κ2) is 5.77. The molecule has 0 bridgehead atoms. The fraction of sp³-hybridized carbons (Fsp3) is 0.500. The highest BCUT2D eigenvalue weighted by atomic mass is 35.5. The molecule has 0 aliphatic carbocycles. The van der Waals surface area contributed by atoms with Crippen molar-refractivity contribution in [1.29, 1.82) is 0 Å². The number of aromatic nitrogens is 2. The molecular formula is C10H14ClN3O2. The van der Waals surface area contributed by atoms with Gasteiger partial charge in [0.05, 0.1) is 12.2 Å². The maximum absolute atomic E-state index is 11.3. The zero-order valence-electron chi connectivity index (χ0n) is 8.97. The molecule has 5 nitrogen and oxygen atoms in total. The number of hydrogen-bond donors (Lipinski definition) is 1. The van der Waals surface area contributed by atoms with Crippen LogP contribution in [-0.4, -0.2) is 35.6 Å². The lowest BCUT2D eigenvalue weighted by molar-refractivity contribution is 0.0525. The van der Waals surface area contributed by atoms with Crippen LogP contribution in [0.2, 0.25) is 0 Å². The lowest BCUT2D eigenvalue weighted by Gasteiger charge is -2.25. The van der Waals surface area contributed by atoms with Crippen LogP contribution in [0, 0.1) is 0 Å². The molecule has 0 radical (unpaired) electrons. The standard InChI is InChI=1S/C10H13N3O2.ClH/c1-2-15-10(14)8-5-12-9(13-6-8)7-3-11-4-7;/h5-7,11H,2-4H2,1H3;1H. The monoisotopic (exact) mass is 243 g/mol. The quantitative estimate of drug-likeness (QED) is 0.795. The van der Waals surface area contributed by atoms with Crippen LogP contribution < -0.4 is 5.32 Å². The zero-order chi connectivity index (χ0) is 10.7. The number of nitrogens with one attached hydrogen (secondary N) is 1. The van der Waals surface area contributed by atoms with Crippen LogP contribution in [0.25, 0.3) is 0 Å². The average Bonchev–Trinajstić information content (AvgIpc) is 2.16. The van der Waals surface area contributed by atoms with E-state index in [1.165, 1.54) is 12.4 Å². The third-order valence-corrected chi connectivity index (χ3v) is 2.33. The molecule has 6 heteroatoms. The first kappa shape index (κ1) is 12.9. The van der Waals surface area contributed by atoms with Gasteiger partial charge in [-0.1, -0.05) is 0 Å². The highest BCUT2D eigenvalue weighted by molar-refractivity contribution is 5.88. The van der Waals surface area contributed by atoms with Crippen molar-refractivity contribution in [2.45, 2.75) is 12.8 Å². The summed E-state index contributed by atoms with van der Waals surface area (Å²) in [6, 6.07) is 0. The van der Waals surface area contributed by atoms with Gasteiger partial charge in [-0.3, -0.25) is 0 Å². The Labute approximate surface area is 100 Å². The summed E-state index contributed by atoms with van der Waals surface area (Å²) in [6.07, 6.45) is 3.05. The van der Waals surface area contributed by atoms with Crippen LogP contribution in [0.1, 0.15) is 29.0 Å². The van der Waals surface area contributed by atoms with Crippen LogP contribution >= 0.6 is 12.4 Å². The normalized spacial score (nSPS) is 14.8. The number of rotatable bonds is 3. The van der Waals surface area contributed by atoms with Crippen LogP contribution in [0.3, 0.4) is 0 Å². The summed E-state index contributed by atoms with van der Waals surface area (Å²) < 4.78 is 4.84. The second-order valence-electron chi connectivity index (χ2n) is 3.41. The minimum absolute atomic E-state index is 0. The summed E-state index contributed by atoms with van der Waals surface area (Å²) in [5, 5.41) is 3.15. The van der Waals surface area contributed by atoms with Crippen molar-refractivity contribution in [2.24, 2.45) is 0 Å². The number of nitrogens with zero attached hydrogens (tertiary/aromatic N) is 2. The molecule has 1 aromatic heterocycles. The Balaban J connectivity index is 0.00000128. The van der Waals surface area contributed by atoms with E-state index in [1.807, 2.05) is 0 Å². The van der Waals surface area contributed by atoms with E-state index < -0.39 is 0 Å². The van der Waals surface area contributed by atoms with Gasteiger partial charge in [0.2, 0.25) is 0 Å². The Morgan fingerprint density at radius 3 is 2.56 bits per heavy atom. The smallest absolute Gasteiger partial charge is 0.341 e. The van der Waals surface area contributed by atoms with E-state index >= 15 is 0 Å². The molecule has 88 valence electrons. The van der Waals surface area contributed by atoms with E-state index in [0.29, 0.717) is 18.1 Å². The SMILES string of the molecule is CCOC(=O)c1cnc(C2CNC2)nc1.Cl. The van der Waals surface area contributed by atoms with Gasteiger partial charge in [0.25, 0.3) is 0 Å². The molecule has 2 heterocycles. The van der Waals surface area contributed by atoms with E-state index in [2.05, 4.69) is 15.3 Å². The Hall–Kier alpha value is -1.20. The Kier molecular flexibility index (Phi) is 4.64. The molecule has 1 aliphatic heterocycles. The van der Waals surface area contributed by atoms with Crippen molar-refractivity contribution in [2.75, 3.05) is 19.7 Å². The Morgan fingerprint density at radius 2 is 2.12 bits per heavy atom. The van der Waals surface area contributed by atoms with Crippen molar-refractivity contribution in [1.82, 2.24) is 15.3 Å². The van der Waals surface area contributed by atoms with Crippen LogP contribution in [0.4, 0.5) is 0 Å². The number of carbonyl (C=O) groups is 1. The molecule has 0 aromatic carbocycles. The van der Waals surface area contributed by atoms with Crippen molar-refractivity contribution >= 4 is 18.4 Å². The van der Waals surface area contributed by atoms with Gasteiger partial charge in [0.15, 0.2) is 0 Å². The van der Waals surface area contributed by atoms with Gasteiger partial charge in [-0.15, -0.1) is 12.4 Å². The van der Waals surface area contributed by atoms with Gasteiger partial charge in [-0.25, -0.2) is 14.8 Å². The first-order valence-electron chi connectivity index (χ1n) is 5.01. The first-order chi connectivity index (χ1) is 7.31. The third-order valence-electron chi connectivity index (χ3n) is 2.33. The number of halogens is 1. The summed E-state index contributed by atoms with van der Waals surface area (Å²) in [5.41, 5.74) is 0.410. The molecule has 2 rings (SSSR count). The van der Waals surface area contributed by atoms with E-state index in [-0.39, 0.29) is 18.4 Å². The Bertz CT molecular complexity index is 352. The fourth-order valence-corrected chi connectivity index (χ4v) is 1.34. The molecule has 1 aromatic rings. The molecule has 0 unspecified atom stereocenters. The molecule has 0 spiro atoms. The molecule has 1 aliphatic rings. The third kappa shape index (κ3) is 2.68. The lowest BCUT2D eigenvalue weighted by Crippen LogP contribution is -2.40. The second-order valence-corrected chi connectivity index (χ2v) is 3.41. The number of carbonyl (C=O) groups excluding carboxylic acids is 1. The predicted octanol–water partition coefficient (Wildman–Crippen LogP) is 0.762. The van der Waals surface area contributed by atoms with Crippen molar-refractivity contribution in [3.8, 4) is 0 Å². The van der Waals surface area contributed by atoms with Gasteiger partial charge in [0, 0.05) is 31.4 Å². The van der Waals surface area contributed by atoms with E-state index in [1.54, 1.807) is 6.92 Å². The lowest BCUT2D eigenvalue weighted by atomic mass is 10.0. The average molecular weight is 244 g/mol. The number of ether oxygens (including phenoxy) is 1. The van der Waals surface area contributed by atoms with Gasteiger partial charge in [-0.05, 0) is 6.92 Å².